The summed E-state index contributed by atoms with van der Waals surface area (Å²) in [5.41, 5.74) is 0.265. The molecule has 33 heavy (non-hydrogen) atoms. The lowest BCUT2D eigenvalue weighted by Gasteiger charge is -2.06. The fraction of sp³-hybridized carbons (Fsp3) is 0.136. The van der Waals surface area contributed by atoms with Crippen molar-refractivity contribution >= 4 is 23.2 Å². The van der Waals surface area contributed by atoms with Crippen LogP contribution in [0.25, 0.3) is 5.65 Å². The molecule has 0 aliphatic heterocycles. The Labute approximate surface area is 187 Å². The predicted molar refractivity (Wildman–Crippen MR) is 117 cm³/mol. The predicted octanol–water partition coefficient (Wildman–Crippen LogP) is 2.12. The minimum Gasteiger partial charge on any atom is -0.497 e. The number of fused-ring (bicyclic) bond motifs is 1. The van der Waals surface area contributed by atoms with Gasteiger partial charge in [-0.15, -0.1) is 5.10 Å². The first-order valence-corrected chi connectivity index (χ1v) is 9.73. The smallest absolute Gasteiger partial charge is 0.351 e. The largest absolute Gasteiger partial charge is 0.497 e. The maximum Gasteiger partial charge on any atom is 0.351 e. The van der Waals surface area contributed by atoms with Gasteiger partial charge in [0, 0.05) is 24.1 Å². The van der Waals surface area contributed by atoms with Gasteiger partial charge in [-0.05, 0) is 30.3 Å². The summed E-state index contributed by atoms with van der Waals surface area (Å²) in [7, 11) is 2.81. The van der Waals surface area contributed by atoms with Crippen LogP contribution in [0.5, 0.6) is 17.4 Å². The lowest BCUT2D eigenvalue weighted by molar-refractivity contribution is -0.117. The number of carbonyl (C=O) groups is 2. The van der Waals surface area contributed by atoms with Crippen LogP contribution in [0.1, 0.15) is 10.4 Å². The van der Waals surface area contributed by atoms with Crippen LogP contribution in [0, 0.1) is 0 Å². The summed E-state index contributed by atoms with van der Waals surface area (Å²) in [4.78, 5) is 41.1. The van der Waals surface area contributed by atoms with Gasteiger partial charge in [-0.2, -0.15) is 0 Å². The molecule has 0 bridgehead atoms. The summed E-state index contributed by atoms with van der Waals surface area (Å²) in [5, 5.41) is 6.84. The molecule has 0 atom stereocenters. The number of nitrogens with zero attached hydrogens (tertiary/aromatic N) is 4. The maximum absolute atomic E-state index is 12.7. The first-order chi connectivity index (χ1) is 16.0. The van der Waals surface area contributed by atoms with Crippen molar-refractivity contribution in [2.45, 2.75) is 6.54 Å². The summed E-state index contributed by atoms with van der Waals surface area (Å²) in [6, 6.07) is 13.1. The van der Waals surface area contributed by atoms with E-state index in [0.29, 0.717) is 17.2 Å². The number of rotatable bonds is 7. The van der Waals surface area contributed by atoms with Crippen LogP contribution in [-0.4, -0.2) is 45.3 Å². The van der Waals surface area contributed by atoms with Gasteiger partial charge in [0.15, 0.2) is 0 Å². The highest BCUT2D eigenvalue weighted by Gasteiger charge is 2.16. The Hall–Kier alpha value is -4.67. The molecule has 0 saturated heterocycles. The second-order valence-electron chi connectivity index (χ2n) is 6.77. The molecule has 11 nitrogen and oxygen atoms in total. The zero-order valence-electron chi connectivity index (χ0n) is 17.7. The highest BCUT2D eigenvalue weighted by Crippen LogP contribution is 2.25. The topological polar surface area (TPSA) is 126 Å². The van der Waals surface area contributed by atoms with Crippen LogP contribution in [0.15, 0.2) is 65.7 Å². The minimum atomic E-state index is -0.540. The second kappa shape index (κ2) is 9.22. The average Bonchev–Trinajstić information content (AvgIpc) is 3.15. The third-order valence-corrected chi connectivity index (χ3v) is 4.59. The van der Waals surface area contributed by atoms with Crippen LogP contribution >= 0.6 is 0 Å². The third-order valence-electron chi connectivity index (χ3n) is 4.59. The van der Waals surface area contributed by atoms with Gasteiger partial charge in [-0.25, -0.2) is 23.7 Å². The summed E-state index contributed by atoms with van der Waals surface area (Å²) < 4.78 is 17.9. The first-order valence-electron chi connectivity index (χ1n) is 9.73. The quantitative estimate of drug-likeness (QED) is 0.425. The van der Waals surface area contributed by atoms with Crippen LogP contribution < -0.4 is 20.5 Å². The Balaban J connectivity index is 1.56. The van der Waals surface area contributed by atoms with Crippen molar-refractivity contribution in [1.29, 1.82) is 0 Å². The molecule has 1 N–H and O–H groups in total. The number of hydrogen-bond donors (Lipinski definition) is 1. The highest BCUT2D eigenvalue weighted by atomic mass is 16.5. The zero-order chi connectivity index (χ0) is 23.4. The van der Waals surface area contributed by atoms with Gasteiger partial charge < -0.3 is 19.5 Å². The van der Waals surface area contributed by atoms with E-state index in [1.165, 1.54) is 37.1 Å². The molecule has 4 rings (SSSR count). The number of esters is 1. The number of amides is 1. The number of carbonyl (C=O) groups excluding carboxylic acids is 2. The fourth-order valence-corrected chi connectivity index (χ4v) is 3.06. The molecule has 2 aromatic heterocycles. The van der Waals surface area contributed by atoms with Gasteiger partial charge in [-0.1, -0.05) is 12.1 Å². The summed E-state index contributed by atoms with van der Waals surface area (Å²) in [6.45, 7) is -0.360. The SMILES string of the molecule is COC(=O)c1cccc(NC(=O)Cn2nc3c(Oc4cccc(OC)c4)nccn3c2=O)c1. The van der Waals surface area contributed by atoms with Gasteiger partial charge in [-0.3, -0.25) is 4.79 Å². The van der Waals surface area contributed by atoms with E-state index in [9.17, 15) is 14.4 Å². The summed E-state index contributed by atoms with van der Waals surface area (Å²) in [5.74, 6) is 0.0905. The molecule has 168 valence electrons. The van der Waals surface area contributed by atoms with Crippen molar-refractivity contribution < 1.29 is 23.8 Å². The van der Waals surface area contributed by atoms with Gasteiger partial charge in [0.05, 0.1) is 19.8 Å². The molecule has 2 heterocycles. The van der Waals surface area contributed by atoms with Gasteiger partial charge >= 0.3 is 11.7 Å². The minimum absolute atomic E-state index is 0.0905. The molecule has 0 fully saturated rings. The molecule has 0 aliphatic carbocycles. The van der Waals surface area contributed by atoms with E-state index < -0.39 is 17.6 Å². The van der Waals surface area contributed by atoms with Crippen LogP contribution in [0.3, 0.4) is 0 Å². The average molecular weight is 449 g/mol. The number of methoxy groups -OCH3 is 2. The van der Waals surface area contributed by atoms with E-state index in [0.717, 1.165) is 4.68 Å². The Bertz CT molecular complexity index is 1390. The van der Waals surface area contributed by atoms with E-state index in [1.807, 2.05) is 0 Å². The third kappa shape index (κ3) is 4.66. The Morgan fingerprint density at radius 2 is 1.85 bits per heavy atom. The number of nitrogens with one attached hydrogen (secondary N) is 1. The number of anilines is 1. The van der Waals surface area contributed by atoms with E-state index in [4.69, 9.17) is 9.47 Å². The molecule has 4 aromatic rings. The molecular weight excluding hydrogens is 430 g/mol. The Morgan fingerprint density at radius 1 is 1.06 bits per heavy atom. The van der Waals surface area contributed by atoms with E-state index >= 15 is 0 Å². The molecule has 0 spiro atoms. The second-order valence-corrected chi connectivity index (χ2v) is 6.77. The van der Waals surface area contributed by atoms with Crippen molar-refractivity contribution in [3.63, 3.8) is 0 Å². The molecule has 0 aliphatic rings. The lowest BCUT2D eigenvalue weighted by Crippen LogP contribution is -2.28. The molecule has 0 unspecified atom stereocenters. The molecule has 0 saturated carbocycles. The van der Waals surface area contributed by atoms with Crippen molar-refractivity contribution in [2.75, 3.05) is 19.5 Å². The molecule has 2 aromatic carbocycles. The molecular formula is C22H19N5O6. The van der Waals surface area contributed by atoms with Crippen molar-refractivity contribution in [3.05, 3.63) is 77.0 Å². The van der Waals surface area contributed by atoms with Crippen LogP contribution in [-0.2, 0) is 16.1 Å². The zero-order valence-corrected chi connectivity index (χ0v) is 17.7. The lowest BCUT2D eigenvalue weighted by atomic mass is 10.2. The number of benzene rings is 2. The monoisotopic (exact) mass is 449 g/mol. The van der Waals surface area contributed by atoms with Gasteiger partial charge in [0.25, 0.3) is 5.88 Å². The fourth-order valence-electron chi connectivity index (χ4n) is 3.06. The first kappa shape index (κ1) is 21.6. The van der Waals surface area contributed by atoms with Crippen LogP contribution in [0.2, 0.25) is 0 Å². The molecule has 11 heteroatoms. The Morgan fingerprint density at radius 3 is 2.64 bits per heavy atom. The number of ether oxygens (including phenoxy) is 3. The summed E-state index contributed by atoms with van der Waals surface area (Å²) in [6.07, 6.45) is 2.83. The molecule has 0 radical (unpaired) electrons. The van der Waals surface area contributed by atoms with Crippen molar-refractivity contribution in [1.82, 2.24) is 19.2 Å². The Kier molecular flexibility index (Phi) is 6.02. The molecule has 1 amide bonds. The van der Waals surface area contributed by atoms with Crippen molar-refractivity contribution in [2.24, 2.45) is 0 Å². The van der Waals surface area contributed by atoms with Crippen molar-refractivity contribution in [3.8, 4) is 17.4 Å². The standard InChI is InChI=1S/C22H19N5O6/c1-31-16-7-4-8-17(12-16)33-20-19-25-27(22(30)26(19)10-9-23-20)13-18(28)24-15-6-3-5-14(11-15)21(29)32-2/h3-12H,13H2,1-2H3,(H,24,28). The normalized spacial score (nSPS) is 10.6. The maximum atomic E-state index is 12.7. The number of aromatic nitrogens is 4. The van der Waals surface area contributed by atoms with E-state index in [2.05, 4.69) is 20.1 Å². The van der Waals surface area contributed by atoms with E-state index in [-0.39, 0.29) is 23.6 Å². The van der Waals surface area contributed by atoms with Gasteiger partial charge in [0.2, 0.25) is 11.6 Å². The summed E-state index contributed by atoms with van der Waals surface area (Å²) >= 11 is 0. The highest BCUT2D eigenvalue weighted by molar-refractivity contribution is 5.94. The van der Waals surface area contributed by atoms with E-state index in [1.54, 1.807) is 42.5 Å². The number of hydrogen-bond acceptors (Lipinski definition) is 8. The van der Waals surface area contributed by atoms with Gasteiger partial charge in [0.1, 0.15) is 18.0 Å². The van der Waals surface area contributed by atoms with Crippen LogP contribution in [0.4, 0.5) is 5.69 Å².